The van der Waals surface area contributed by atoms with Gasteiger partial charge in [0.1, 0.15) is 5.60 Å². The normalized spacial score (nSPS) is 15.0. The molecule has 0 aromatic carbocycles. The van der Waals surface area contributed by atoms with Crippen LogP contribution in [-0.2, 0) is 19.1 Å². The first-order valence-electron chi connectivity index (χ1n) is 7.62. The maximum Gasteiger partial charge on any atom is 0.314 e. The van der Waals surface area contributed by atoms with Crippen LogP contribution in [0.5, 0.6) is 0 Å². The number of aliphatic hydroxyl groups is 1. The van der Waals surface area contributed by atoms with Gasteiger partial charge in [0.2, 0.25) is 0 Å². The van der Waals surface area contributed by atoms with Gasteiger partial charge in [-0.2, -0.15) is 5.10 Å². The van der Waals surface area contributed by atoms with Gasteiger partial charge in [0.15, 0.2) is 0 Å². The van der Waals surface area contributed by atoms with E-state index in [2.05, 4.69) is 34.1 Å². The van der Waals surface area contributed by atoms with Crippen molar-refractivity contribution in [1.82, 2.24) is 20.4 Å². The van der Waals surface area contributed by atoms with Crippen molar-refractivity contribution < 1.29 is 9.90 Å². The minimum atomic E-state index is -1.14. The maximum atomic E-state index is 11.9. The predicted octanol–water partition coefficient (Wildman–Crippen LogP) is 1.87. The molecule has 2 aromatic rings. The number of nitrogens with zero attached hydrogens (tertiary/aromatic N) is 2. The average molecular weight is 336 g/mol. The molecule has 0 saturated carbocycles. The summed E-state index contributed by atoms with van der Waals surface area (Å²) in [5, 5.41) is 22.1. The van der Waals surface area contributed by atoms with Gasteiger partial charge >= 0.3 is 6.03 Å². The standard InChI is InChI=1S/C16H24N4O2S/c1-12(7-14-5-4-6-23-14)8-17-15(21)18-11-16(2,22)13-9-19-20(3)10-13/h4-6,9-10,12,22H,7-8,11H2,1-3H3,(H2,17,18,21). The van der Waals surface area contributed by atoms with Crippen molar-refractivity contribution in [2.45, 2.75) is 25.9 Å². The number of urea groups is 1. The van der Waals surface area contributed by atoms with E-state index in [1.165, 1.54) is 4.88 Å². The fourth-order valence-corrected chi connectivity index (χ4v) is 3.10. The van der Waals surface area contributed by atoms with Crippen LogP contribution < -0.4 is 10.6 Å². The Hall–Kier alpha value is -1.86. The summed E-state index contributed by atoms with van der Waals surface area (Å²) in [6, 6.07) is 3.87. The molecule has 0 aliphatic carbocycles. The number of thiophene rings is 1. The van der Waals surface area contributed by atoms with Crippen molar-refractivity contribution >= 4 is 17.4 Å². The number of aromatic nitrogens is 2. The molecule has 7 heteroatoms. The molecule has 0 aliphatic rings. The van der Waals surface area contributed by atoms with E-state index in [-0.39, 0.29) is 12.6 Å². The Bertz CT molecular complexity index is 622. The Morgan fingerprint density at radius 2 is 2.30 bits per heavy atom. The van der Waals surface area contributed by atoms with Crippen molar-refractivity contribution in [1.29, 1.82) is 0 Å². The molecular formula is C16H24N4O2S. The van der Waals surface area contributed by atoms with Gasteiger partial charge in [-0.05, 0) is 30.7 Å². The minimum Gasteiger partial charge on any atom is -0.383 e. The second-order valence-corrected chi connectivity index (χ2v) is 7.16. The third-order valence-electron chi connectivity index (χ3n) is 3.66. The van der Waals surface area contributed by atoms with E-state index in [0.717, 1.165) is 6.42 Å². The van der Waals surface area contributed by atoms with E-state index in [9.17, 15) is 9.90 Å². The van der Waals surface area contributed by atoms with Gasteiger partial charge < -0.3 is 15.7 Å². The van der Waals surface area contributed by atoms with Crippen molar-refractivity contribution in [2.75, 3.05) is 13.1 Å². The molecule has 0 saturated heterocycles. The lowest BCUT2D eigenvalue weighted by atomic mass is 10.00. The summed E-state index contributed by atoms with van der Waals surface area (Å²) < 4.78 is 1.62. The highest BCUT2D eigenvalue weighted by molar-refractivity contribution is 7.09. The topological polar surface area (TPSA) is 79.2 Å². The summed E-state index contributed by atoms with van der Waals surface area (Å²) in [5.74, 6) is 0.359. The maximum absolute atomic E-state index is 11.9. The number of aryl methyl sites for hydroxylation is 1. The molecule has 6 nitrogen and oxygen atoms in total. The Morgan fingerprint density at radius 1 is 1.52 bits per heavy atom. The van der Waals surface area contributed by atoms with E-state index in [1.54, 1.807) is 42.4 Å². The van der Waals surface area contributed by atoms with Crippen LogP contribution in [0.1, 0.15) is 24.3 Å². The van der Waals surface area contributed by atoms with Gasteiger partial charge in [-0.25, -0.2) is 4.79 Å². The van der Waals surface area contributed by atoms with Crippen molar-refractivity contribution in [3.05, 3.63) is 40.3 Å². The third kappa shape index (κ3) is 5.37. The molecule has 2 heterocycles. The van der Waals surface area contributed by atoms with E-state index in [0.29, 0.717) is 18.0 Å². The zero-order chi connectivity index (χ0) is 16.9. The second-order valence-electron chi connectivity index (χ2n) is 6.13. The molecule has 3 N–H and O–H groups in total. The fraction of sp³-hybridized carbons (Fsp3) is 0.500. The van der Waals surface area contributed by atoms with Crippen LogP contribution in [0.2, 0.25) is 0 Å². The zero-order valence-corrected chi connectivity index (χ0v) is 14.6. The monoisotopic (exact) mass is 336 g/mol. The second kappa shape index (κ2) is 7.61. The van der Waals surface area contributed by atoms with Crippen LogP contribution in [0, 0.1) is 5.92 Å². The molecule has 2 atom stereocenters. The fourth-order valence-electron chi connectivity index (χ4n) is 2.23. The Kier molecular flexibility index (Phi) is 5.79. The molecule has 126 valence electrons. The van der Waals surface area contributed by atoms with Gasteiger partial charge in [-0.3, -0.25) is 4.68 Å². The van der Waals surface area contributed by atoms with Crippen LogP contribution in [0.4, 0.5) is 4.79 Å². The van der Waals surface area contributed by atoms with Crippen LogP contribution in [0.25, 0.3) is 0 Å². The smallest absolute Gasteiger partial charge is 0.314 e. The van der Waals surface area contributed by atoms with Crippen molar-refractivity contribution in [3.63, 3.8) is 0 Å². The van der Waals surface area contributed by atoms with Crippen molar-refractivity contribution in [2.24, 2.45) is 13.0 Å². The quantitative estimate of drug-likeness (QED) is 0.722. The van der Waals surface area contributed by atoms with Crippen LogP contribution >= 0.6 is 11.3 Å². The highest BCUT2D eigenvalue weighted by Crippen LogP contribution is 2.18. The minimum absolute atomic E-state index is 0.129. The summed E-state index contributed by atoms with van der Waals surface area (Å²) in [5.41, 5.74) is -0.472. The molecule has 0 aliphatic heterocycles. The van der Waals surface area contributed by atoms with Crippen LogP contribution in [0.3, 0.4) is 0 Å². The van der Waals surface area contributed by atoms with Crippen LogP contribution in [0.15, 0.2) is 29.9 Å². The number of carbonyl (C=O) groups is 1. The Labute approximate surface area is 140 Å². The van der Waals surface area contributed by atoms with E-state index in [1.807, 2.05) is 6.07 Å². The van der Waals surface area contributed by atoms with Gasteiger partial charge in [0, 0.05) is 30.2 Å². The average Bonchev–Trinajstić information content (AvgIpc) is 3.15. The predicted molar refractivity (Wildman–Crippen MR) is 91.4 cm³/mol. The van der Waals surface area contributed by atoms with Gasteiger partial charge in [0.05, 0.1) is 12.7 Å². The zero-order valence-electron chi connectivity index (χ0n) is 13.7. The molecule has 2 aromatic heterocycles. The first-order valence-corrected chi connectivity index (χ1v) is 8.50. The third-order valence-corrected chi connectivity index (χ3v) is 4.56. The first kappa shape index (κ1) is 17.5. The molecule has 2 unspecified atom stereocenters. The molecule has 2 amide bonds. The van der Waals surface area contributed by atoms with Gasteiger partial charge in [-0.1, -0.05) is 13.0 Å². The van der Waals surface area contributed by atoms with E-state index >= 15 is 0 Å². The molecule has 0 radical (unpaired) electrons. The van der Waals surface area contributed by atoms with E-state index in [4.69, 9.17) is 0 Å². The SMILES string of the molecule is CC(CNC(=O)NCC(C)(O)c1cnn(C)c1)Cc1cccs1. The number of amides is 2. The molecule has 0 spiro atoms. The Balaban J connectivity index is 1.72. The van der Waals surface area contributed by atoms with Crippen LogP contribution in [-0.4, -0.2) is 34.0 Å². The Morgan fingerprint density at radius 3 is 2.91 bits per heavy atom. The number of nitrogens with one attached hydrogen (secondary N) is 2. The highest BCUT2D eigenvalue weighted by Gasteiger charge is 2.25. The summed E-state index contributed by atoms with van der Waals surface area (Å²) in [6.45, 7) is 4.48. The number of rotatable bonds is 7. The molecule has 0 fully saturated rings. The van der Waals surface area contributed by atoms with E-state index < -0.39 is 5.60 Å². The first-order chi connectivity index (χ1) is 10.9. The summed E-state index contributed by atoms with van der Waals surface area (Å²) in [6.07, 6.45) is 4.29. The van der Waals surface area contributed by atoms with Gasteiger partial charge in [-0.15, -0.1) is 11.3 Å². The molecule has 2 rings (SSSR count). The summed E-state index contributed by atoms with van der Waals surface area (Å²) in [4.78, 5) is 13.2. The van der Waals surface area contributed by atoms with Crippen molar-refractivity contribution in [3.8, 4) is 0 Å². The summed E-state index contributed by atoms with van der Waals surface area (Å²) in [7, 11) is 1.79. The lowest BCUT2D eigenvalue weighted by Gasteiger charge is -2.22. The number of hydrogen-bond acceptors (Lipinski definition) is 4. The molecule has 0 bridgehead atoms. The van der Waals surface area contributed by atoms with Gasteiger partial charge in [0.25, 0.3) is 0 Å². The lowest BCUT2D eigenvalue weighted by Crippen LogP contribution is -2.44. The highest BCUT2D eigenvalue weighted by atomic mass is 32.1. The summed E-state index contributed by atoms with van der Waals surface area (Å²) >= 11 is 1.73. The number of hydrogen-bond donors (Lipinski definition) is 3. The molecular weight excluding hydrogens is 312 g/mol. The molecule has 23 heavy (non-hydrogen) atoms. The largest absolute Gasteiger partial charge is 0.383 e. The number of carbonyl (C=O) groups excluding carboxylic acids is 1. The lowest BCUT2D eigenvalue weighted by molar-refractivity contribution is 0.0593.